The summed E-state index contributed by atoms with van der Waals surface area (Å²) in [6.07, 6.45) is -0.493. The summed E-state index contributed by atoms with van der Waals surface area (Å²) >= 11 is 0. The van der Waals surface area contributed by atoms with Gasteiger partial charge >= 0.3 is 5.69 Å². The average Bonchev–Trinajstić information content (AvgIpc) is 3.21. The molecule has 0 unspecified atom stereocenters. The fourth-order valence-electron chi connectivity index (χ4n) is 4.86. The molecule has 0 radical (unpaired) electrons. The number of aryl methyl sites for hydroxylation is 2. The molecule has 8 heteroatoms. The molecule has 0 spiro atoms. The lowest BCUT2D eigenvalue weighted by Gasteiger charge is -2.28. The molecule has 0 amide bonds. The van der Waals surface area contributed by atoms with E-state index in [0.29, 0.717) is 35.6 Å². The molecule has 1 aliphatic heterocycles. The summed E-state index contributed by atoms with van der Waals surface area (Å²) in [5.74, 6) is 1.20. The number of nitrogens with zero attached hydrogens (tertiary/aromatic N) is 3. The molecule has 1 atom stereocenters. The van der Waals surface area contributed by atoms with E-state index in [1.807, 2.05) is 49.4 Å². The molecule has 0 fully saturated rings. The van der Waals surface area contributed by atoms with Crippen molar-refractivity contribution < 1.29 is 14.2 Å². The van der Waals surface area contributed by atoms with E-state index < -0.39 is 6.10 Å². The predicted molar refractivity (Wildman–Crippen MR) is 130 cm³/mol. The smallest absolute Gasteiger partial charge is 0.331 e. The van der Waals surface area contributed by atoms with Gasteiger partial charge in [-0.2, -0.15) is 0 Å². The van der Waals surface area contributed by atoms with Crippen molar-refractivity contribution in [2.45, 2.75) is 19.6 Å². The normalized spacial score (nSPS) is 15.4. The fraction of sp³-hybridized carbons (Fsp3) is 0.308. The number of hydrogen-bond acceptors (Lipinski definition) is 5. The summed E-state index contributed by atoms with van der Waals surface area (Å²) in [4.78, 5) is 26.4. The maximum Gasteiger partial charge on any atom is 0.331 e. The van der Waals surface area contributed by atoms with Crippen LogP contribution in [0, 0.1) is 6.92 Å². The van der Waals surface area contributed by atoms with Gasteiger partial charge in [-0.05, 0) is 30.2 Å². The van der Waals surface area contributed by atoms with Crippen LogP contribution in [-0.2, 0) is 25.4 Å². The molecular weight excluding hydrogens is 434 g/mol. The predicted octanol–water partition coefficient (Wildman–Crippen LogP) is 3.15. The number of rotatable bonds is 4. The van der Waals surface area contributed by atoms with Crippen LogP contribution in [0.5, 0.6) is 11.5 Å². The van der Waals surface area contributed by atoms with Gasteiger partial charge in [-0.1, -0.05) is 35.9 Å². The summed E-state index contributed by atoms with van der Waals surface area (Å²) in [5, 5.41) is 0.513. The van der Waals surface area contributed by atoms with Gasteiger partial charge in [0.05, 0.1) is 43.1 Å². The Labute approximate surface area is 196 Å². The van der Waals surface area contributed by atoms with E-state index >= 15 is 0 Å². The molecule has 34 heavy (non-hydrogen) atoms. The molecule has 0 saturated heterocycles. The van der Waals surface area contributed by atoms with Crippen molar-refractivity contribution in [3.05, 3.63) is 80.1 Å². The SMILES string of the molecule is COc1ccc([C@H]2OCCn3c(-c4ccc(C)cc4)c4c(=O)n(C)c(=O)n(C)c4c32)cc1OC. The second kappa shape index (κ2) is 8.22. The van der Waals surface area contributed by atoms with Gasteiger partial charge in [0, 0.05) is 20.6 Å². The maximum atomic E-state index is 13.5. The maximum absolute atomic E-state index is 13.5. The van der Waals surface area contributed by atoms with Crippen molar-refractivity contribution in [2.24, 2.45) is 14.1 Å². The van der Waals surface area contributed by atoms with Gasteiger partial charge in [0.1, 0.15) is 6.10 Å². The number of fused-ring (bicyclic) bond motifs is 3. The van der Waals surface area contributed by atoms with E-state index in [1.165, 1.54) is 7.05 Å². The average molecular weight is 462 g/mol. The van der Waals surface area contributed by atoms with Crippen LogP contribution in [0.1, 0.15) is 22.9 Å². The number of hydrogen-bond donors (Lipinski definition) is 0. The van der Waals surface area contributed by atoms with Gasteiger partial charge in [0.15, 0.2) is 11.5 Å². The highest BCUT2D eigenvalue weighted by Gasteiger charge is 2.33. The Bertz CT molecular complexity index is 1530. The first-order valence-corrected chi connectivity index (χ1v) is 11.1. The highest BCUT2D eigenvalue weighted by Crippen LogP contribution is 2.42. The quantitative estimate of drug-likeness (QED) is 0.467. The largest absolute Gasteiger partial charge is 0.493 e. The van der Waals surface area contributed by atoms with Crippen LogP contribution in [0.3, 0.4) is 0 Å². The van der Waals surface area contributed by atoms with Gasteiger partial charge < -0.3 is 18.8 Å². The van der Waals surface area contributed by atoms with Gasteiger partial charge in [0.2, 0.25) is 0 Å². The first kappa shape index (κ1) is 22.0. The van der Waals surface area contributed by atoms with Crippen LogP contribution < -0.4 is 20.7 Å². The lowest BCUT2D eigenvalue weighted by Crippen LogP contribution is -2.37. The van der Waals surface area contributed by atoms with E-state index in [1.54, 1.807) is 25.8 Å². The summed E-state index contributed by atoms with van der Waals surface area (Å²) < 4.78 is 22.0. The van der Waals surface area contributed by atoms with Crippen LogP contribution in [0.15, 0.2) is 52.1 Å². The van der Waals surface area contributed by atoms with E-state index in [2.05, 4.69) is 4.57 Å². The summed E-state index contributed by atoms with van der Waals surface area (Å²) in [6, 6.07) is 13.7. The van der Waals surface area contributed by atoms with Crippen molar-refractivity contribution in [3.63, 3.8) is 0 Å². The Balaban J connectivity index is 1.88. The number of aromatic nitrogens is 3. The molecule has 0 bridgehead atoms. The van der Waals surface area contributed by atoms with Crippen molar-refractivity contribution in [2.75, 3.05) is 20.8 Å². The Morgan fingerprint density at radius 3 is 2.32 bits per heavy atom. The molecule has 0 N–H and O–H groups in total. The second-order valence-corrected chi connectivity index (χ2v) is 8.55. The Morgan fingerprint density at radius 1 is 0.941 bits per heavy atom. The number of benzene rings is 2. The summed E-state index contributed by atoms with van der Waals surface area (Å²) in [7, 11) is 6.39. The third-order valence-corrected chi connectivity index (χ3v) is 6.59. The van der Waals surface area contributed by atoms with Gasteiger partial charge in [0.25, 0.3) is 5.56 Å². The third-order valence-electron chi connectivity index (χ3n) is 6.59. The Kier molecular flexibility index (Phi) is 5.32. The first-order chi connectivity index (χ1) is 16.4. The third kappa shape index (κ3) is 3.17. The van der Waals surface area contributed by atoms with Gasteiger partial charge in [-0.25, -0.2) is 4.79 Å². The van der Waals surface area contributed by atoms with Crippen LogP contribution in [0.2, 0.25) is 0 Å². The fourth-order valence-corrected chi connectivity index (χ4v) is 4.86. The van der Waals surface area contributed by atoms with Crippen molar-refractivity contribution >= 4 is 10.9 Å². The standard InChI is InChI=1S/C26H27N3O5/c1-15-6-8-16(9-7-15)21-20-22(27(2)26(31)28(3)25(20)30)23-24(34-13-12-29(21)23)17-10-11-18(32-4)19(14-17)33-5/h6-11,14,24H,12-13H2,1-5H3/t24-/m1/s1. The zero-order valence-electron chi connectivity index (χ0n) is 19.9. The highest BCUT2D eigenvalue weighted by molar-refractivity contribution is 5.96. The second-order valence-electron chi connectivity index (χ2n) is 8.55. The van der Waals surface area contributed by atoms with Crippen molar-refractivity contribution in [1.29, 1.82) is 0 Å². The van der Waals surface area contributed by atoms with Gasteiger partial charge in [-0.15, -0.1) is 0 Å². The minimum atomic E-state index is -0.493. The van der Waals surface area contributed by atoms with E-state index in [4.69, 9.17) is 14.2 Å². The molecule has 8 nitrogen and oxygen atoms in total. The van der Waals surface area contributed by atoms with E-state index in [0.717, 1.165) is 32.6 Å². The number of ether oxygens (including phenoxy) is 3. The molecule has 0 aliphatic carbocycles. The lowest BCUT2D eigenvalue weighted by atomic mass is 10.0. The Hall–Kier alpha value is -3.78. The van der Waals surface area contributed by atoms with Crippen LogP contribution in [0.25, 0.3) is 22.2 Å². The topological polar surface area (TPSA) is 76.6 Å². The molecule has 5 rings (SSSR count). The molecule has 176 valence electrons. The van der Waals surface area contributed by atoms with Crippen LogP contribution >= 0.6 is 0 Å². The van der Waals surface area contributed by atoms with Crippen LogP contribution in [-0.4, -0.2) is 34.5 Å². The molecule has 2 aromatic carbocycles. The highest BCUT2D eigenvalue weighted by atomic mass is 16.5. The molecule has 0 saturated carbocycles. The Morgan fingerprint density at radius 2 is 1.65 bits per heavy atom. The monoisotopic (exact) mass is 461 g/mol. The van der Waals surface area contributed by atoms with Crippen molar-refractivity contribution in [1.82, 2.24) is 13.7 Å². The number of methoxy groups -OCH3 is 2. The van der Waals surface area contributed by atoms with Crippen molar-refractivity contribution in [3.8, 4) is 22.8 Å². The van der Waals surface area contributed by atoms with Crippen LogP contribution in [0.4, 0.5) is 0 Å². The minimum absolute atomic E-state index is 0.318. The molecule has 2 aromatic heterocycles. The summed E-state index contributed by atoms with van der Waals surface area (Å²) in [6.45, 7) is 3.05. The first-order valence-electron chi connectivity index (χ1n) is 11.1. The zero-order chi connectivity index (χ0) is 24.1. The van der Waals surface area contributed by atoms with E-state index in [-0.39, 0.29) is 11.2 Å². The summed E-state index contributed by atoms with van der Waals surface area (Å²) in [5.41, 5.74) is 4.37. The molecular formula is C26H27N3O5. The van der Waals surface area contributed by atoms with Gasteiger partial charge in [-0.3, -0.25) is 13.9 Å². The minimum Gasteiger partial charge on any atom is -0.493 e. The lowest BCUT2D eigenvalue weighted by molar-refractivity contribution is 0.0477. The molecule has 1 aliphatic rings. The zero-order valence-corrected chi connectivity index (χ0v) is 19.9. The molecule has 3 heterocycles. The van der Waals surface area contributed by atoms with E-state index in [9.17, 15) is 9.59 Å². The molecule has 4 aromatic rings.